The lowest BCUT2D eigenvalue weighted by atomic mass is 9.71. The normalized spacial score (nSPS) is 18.8. The van der Waals surface area contributed by atoms with E-state index in [-0.39, 0.29) is 17.0 Å². The number of hydrogen-bond donors (Lipinski definition) is 0. The lowest BCUT2D eigenvalue weighted by Crippen LogP contribution is -2.24. The molecule has 0 amide bonds. The highest BCUT2D eigenvalue weighted by Gasteiger charge is 2.34. The number of carbonyl (C=O) groups excluding carboxylic acids is 2. The number of carbonyl (C=O) groups is 2. The molecule has 0 saturated carbocycles. The number of allylic oxidation sites excluding steroid dienone is 6. The molecule has 0 aliphatic heterocycles. The van der Waals surface area contributed by atoms with Crippen LogP contribution in [-0.2, 0) is 0 Å². The smallest absolute Gasteiger partial charge is 0.190 e. The SMILES string of the molecule is CCC1=CC(=C2C=C(C(C)(C)CC)C(=O)c3ccccc32)c2ccccc2C1=O. The van der Waals surface area contributed by atoms with E-state index >= 15 is 0 Å². The fourth-order valence-electron chi connectivity index (χ4n) is 4.16. The van der Waals surface area contributed by atoms with Gasteiger partial charge in [-0.3, -0.25) is 9.59 Å². The Hall–Kier alpha value is -3.00. The molecule has 0 bridgehead atoms. The minimum absolute atomic E-state index is 0.103. The fraction of sp³-hybridized carbons (Fsp3) is 0.259. The van der Waals surface area contributed by atoms with Crippen molar-refractivity contribution in [3.05, 3.63) is 94.1 Å². The molecule has 29 heavy (non-hydrogen) atoms. The highest BCUT2D eigenvalue weighted by Crippen LogP contribution is 2.44. The molecule has 146 valence electrons. The average Bonchev–Trinajstić information content (AvgIpc) is 2.75. The zero-order chi connectivity index (χ0) is 20.8. The fourth-order valence-corrected chi connectivity index (χ4v) is 4.16. The van der Waals surface area contributed by atoms with Crippen molar-refractivity contribution in [1.82, 2.24) is 0 Å². The molecule has 0 radical (unpaired) electrons. The third-order valence-electron chi connectivity index (χ3n) is 6.35. The van der Waals surface area contributed by atoms with Gasteiger partial charge in [-0.05, 0) is 52.7 Å². The molecule has 2 nitrogen and oxygen atoms in total. The molecule has 0 fully saturated rings. The largest absolute Gasteiger partial charge is 0.289 e. The zero-order valence-corrected chi connectivity index (χ0v) is 17.5. The Morgan fingerprint density at radius 3 is 1.69 bits per heavy atom. The van der Waals surface area contributed by atoms with Crippen LogP contribution >= 0.6 is 0 Å². The van der Waals surface area contributed by atoms with Crippen LogP contribution < -0.4 is 0 Å². The van der Waals surface area contributed by atoms with E-state index < -0.39 is 0 Å². The summed E-state index contributed by atoms with van der Waals surface area (Å²) in [6.45, 7) is 8.38. The summed E-state index contributed by atoms with van der Waals surface area (Å²) >= 11 is 0. The van der Waals surface area contributed by atoms with E-state index in [9.17, 15) is 9.59 Å². The second kappa shape index (κ2) is 7.11. The molecule has 2 heteroatoms. The van der Waals surface area contributed by atoms with Gasteiger partial charge < -0.3 is 0 Å². The third-order valence-corrected chi connectivity index (χ3v) is 6.35. The molecule has 4 rings (SSSR count). The minimum Gasteiger partial charge on any atom is -0.289 e. The molecular formula is C27H26O2. The molecule has 0 unspecified atom stereocenters. The van der Waals surface area contributed by atoms with Gasteiger partial charge >= 0.3 is 0 Å². The van der Waals surface area contributed by atoms with Crippen LogP contribution in [0.2, 0.25) is 0 Å². The van der Waals surface area contributed by atoms with E-state index in [1.165, 1.54) is 0 Å². The molecular weight excluding hydrogens is 356 g/mol. The lowest BCUT2D eigenvalue weighted by Gasteiger charge is -2.31. The summed E-state index contributed by atoms with van der Waals surface area (Å²) < 4.78 is 0. The molecule has 0 heterocycles. The maximum atomic E-state index is 13.3. The van der Waals surface area contributed by atoms with E-state index in [0.717, 1.165) is 51.0 Å². The summed E-state index contributed by atoms with van der Waals surface area (Å²) in [5.41, 5.74) is 6.86. The third kappa shape index (κ3) is 3.04. The second-order valence-corrected chi connectivity index (χ2v) is 8.40. The molecule has 0 N–H and O–H groups in total. The van der Waals surface area contributed by atoms with Crippen LogP contribution in [0.25, 0.3) is 11.1 Å². The van der Waals surface area contributed by atoms with Crippen molar-refractivity contribution in [3.63, 3.8) is 0 Å². The van der Waals surface area contributed by atoms with Gasteiger partial charge in [-0.1, -0.05) is 76.2 Å². The number of Topliss-reactive ketones (excluding diaryl/α,β-unsaturated/α-hetero) is 2. The molecule has 2 aliphatic carbocycles. The molecule has 2 aromatic carbocycles. The highest BCUT2D eigenvalue weighted by molar-refractivity contribution is 6.23. The number of hydrogen-bond acceptors (Lipinski definition) is 2. The van der Waals surface area contributed by atoms with E-state index in [0.29, 0.717) is 6.42 Å². The molecule has 0 atom stereocenters. The Bertz CT molecular complexity index is 1120. The van der Waals surface area contributed by atoms with Crippen molar-refractivity contribution in [2.75, 3.05) is 0 Å². The summed E-state index contributed by atoms with van der Waals surface area (Å²) in [5, 5.41) is 0. The molecule has 0 saturated heterocycles. The average molecular weight is 383 g/mol. The number of benzene rings is 2. The van der Waals surface area contributed by atoms with Gasteiger partial charge in [-0.15, -0.1) is 0 Å². The molecule has 2 aromatic rings. The number of rotatable bonds is 3. The van der Waals surface area contributed by atoms with Gasteiger partial charge in [0.05, 0.1) is 0 Å². The highest BCUT2D eigenvalue weighted by atomic mass is 16.1. The first-order valence-electron chi connectivity index (χ1n) is 10.3. The Morgan fingerprint density at radius 1 is 0.690 bits per heavy atom. The number of fused-ring (bicyclic) bond motifs is 2. The van der Waals surface area contributed by atoms with Crippen LogP contribution in [0.15, 0.2) is 71.8 Å². The number of ketones is 2. The summed E-state index contributed by atoms with van der Waals surface area (Å²) in [6.07, 6.45) is 5.65. The maximum absolute atomic E-state index is 13.3. The molecule has 0 spiro atoms. The van der Waals surface area contributed by atoms with Crippen molar-refractivity contribution in [1.29, 1.82) is 0 Å². The van der Waals surface area contributed by atoms with E-state index in [1.54, 1.807) is 0 Å². The first-order valence-corrected chi connectivity index (χ1v) is 10.3. The van der Waals surface area contributed by atoms with Crippen LogP contribution in [-0.4, -0.2) is 11.6 Å². The lowest BCUT2D eigenvalue weighted by molar-refractivity contribution is 0.100. The monoisotopic (exact) mass is 382 g/mol. The molecule has 0 aromatic heterocycles. The predicted octanol–water partition coefficient (Wildman–Crippen LogP) is 6.69. The van der Waals surface area contributed by atoms with Crippen molar-refractivity contribution in [3.8, 4) is 0 Å². The minimum atomic E-state index is -0.224. The molecule has 2 aliphatic rings. The van der Waals surface area contributed by atoms with Crippen LogP contribution in [0.4, 0.5) is 0 Å². The van der Waals surface area contributed by atoms with Gasteiger partial charge in [0.2, 0.25) is 0 Å². The van der Waals surface area contributed by atoms with E-state index in [2.05, 4.69) is 26.8 Å². The quantitative estimate of drug-likeness (QED) is 0.593. The summed E-state index contributed by atoms with van der Waals surface area (Å²) in [5.74, 6) is 0.211. The summed E-state index contributed by atoms with van der Waals surface area (Å²) in [6, 6.07) is 15.6. The Morgan fingerprint density at radius 2 is 1.17 bits per heavy atom. The van der Waals surface area contributed by atoms with Gasteiger partial charge in [0.1, 0.15) is 0 Å². The van der Waals surface area contributed by atoms with E-state index in [4.69, 9.17) is 0 Å². The van der Waals surface area contributed by atoms with Gasteiger partial charge in [-0.2, -0.15) is 0 Å². The standard InChI is InChI=1S/C27H26O2/c1-5-17-15-22(18-11-7-9-13-20(18)25(17)28)23-16-24(27(3,4)6-2)26(29)21-14-10-8-12-19(21)23/h7-16H,5-6H2,1-4H3. The van der Waals surface area contributed by atoms with Crippen molar-refractivity contribution in [2.24, 2.45) is 5.41 Å². The van der Waals surface area contributed by atoms with Crippen molar-refractivity contribution < 1.29 is 9.59 Å². The topological polar surface area (TPSA) is 34.1 Å². The second-order valence-electron chi connectivity index (χ2n) is 8.40. The van der Waals surface area contributed by atoms with Crippen LogP contribution in [0.1, 0.15) is 72.4 Å². The van der Waals surface area contributed by atoms with Crippen LogP contribution in [0.5, 0.6) is 0 Å². The van der Waals surface area contributed by atoms with Gasteiger partial charge in [-0.25, -0.2) is 0 Å². The van der Waals surface area contributed by atoms with Gasteiger partial charge in [0, 0.05) is 22.3 Å². The van der Waals surface area contributed by atoms with E-state index in [1.807, 2.05) is 61.5 Å². The van der Waals surface area contributed by atoms with Crippen molar-refractivity contribution >= 4 is 22.7 Å². The zero-order valence-electron chi connectivity index (χ0n) is 17.5. The summed E-state index contributed by atoms with van der Waals surface area (Å²) in [7, 11) is 0. The Balaban J connectivity index is 2.10. The summed E-state index contributed by atoms with van der Waals surface area (Å²) in [4.78, 5) is 26.2. The first kappa shape index (κ1) is 19.3. The van der Waals surface area contributed by atoms with Crippen molar-refractivity contribution in [2.45, 2.75) is 40.5 Å². The van der Waals surface area contributed by atoms with Gasteiger partial charge in [0.25, 0.3) is 0 Å². The maximum Gasteiger partial charge on any atom is 0.190 e. The van der Waals surface area contributed by atoms with Crippen LogP contribution in [0.3, 0.4) is 0 Å². The Kier molecular flexibility index (Phi) is 4.74. The predicted molar refractivity (Wildman–Crippen MR) is 119 cm³/mol. The first-order chi connectivity index (χ1) is 13.9. The van der Waals surface area contributed by atoms with Crippen LogP contribution in [0, 0.1) is 5.41 Å². The Labute approximate surface area is 172 Å². The van der Waals surface area contributed by atoms with Gasteiger partial charge in [0.15, 0.2) is 11.6 Å².